The number of nitrogens with two attached hydrogens (primary N) is 3. The molecule has 67 heavy (non-hydrogen) atoms. The fourth-order valence-corrected chi connectivity index (χ4v) is 7.33. The zero-order valence-electron chi connectivity index (χ0n) is 37.9. The summed E-state index contributed by atoms with van der Waals surface area (Å²) in [6, 6.07) is 8.09. The van der Waals surface area contributed by atoms with Crippen molar-refractivity contribution in [2.45, 2.75) is 108 Å². The lowest BCUT2D eigenvalue weighted by Crippen LogP contribution is -2.61. The van der Waals surface area contributed by atoms with Crippen LogP contribution in [-0.4, -0.2) is 120 Å². The van der Waals surface area contributed by atoms with E-state index in [9.17, 15) is 43.2 Å². The SMILES string of the molecule is CC(=O)NCC(=O)NC1CC(=O)NCCCCC(C(N)=O)NC(=O)[C@H](Cc2c[nH]c3ccccc23)NC(=O)[C@H](CCCN=C(N)N)NC(=O)C(Cc2ccccc2)NC(=O)C(C(C)C)NC1=O. The minimum atomic E-state index is -1.51. The third-order valence-corrected chi connectivity index (χ3v) is 10.9. The fourth-order valence-electron chi connectivity index (χ4n) is 7.33. The number of aromatic amines is 1. The number of primary amides is 1. The molecule has 22 heteroatoms. The summed E-state index contributed by atoms with van der Waals surface area (Å²) in [5, 5.41) is 21.8. The Morgan fingerprint density at radius 1 is 0.761 bits per heavy atom. The number of nitrogens with one attached hydrogen (secondary N) is 9. The van der Waals surface area contributed by atoms with E-state index in [1.807, 2.05) is 24.3 Å². The zero-order chi connectivity index (χ0) is 49.0. The number of carbonyl (C=O) groups is 9. The Morgan fingerprint density at radius 3 is 2.09 bits per heavy atom. The number of rotatable bonds is 13. The van der Waals surface area contributed by atoms with Crippen LogP contribution in [0.2, 0.25) is 0 Å². The highest BCUT2D eigenvalue weighted by Gasteiger charge is 2.35. The van der Waals surface area contributed by atoms with Crippen molar-refractivity contribution in [2.75, 3.05) is 19.6 Å². The van der Waals surface area contributed by atoms with Crippen molar-refractivity contribution in [2.24, 2.45) is 28.1 Å². The summed E-state index contributed by atoms with van der Waals surface area (Å²) >= 11 is 0. The number of amides is 9. The molecule has 2 aromatic carbocycles. The molecule has 3 aromatic rings. The van der Waals surface area contributed by atoms with E-state index in [0.29, 0.717) is 17.5 Å². The van der Waals surface area contributed by atoms with E-state index >= 15 is 0 Å². The molecule has 22 nitrogen and oxygen atoms in total. The molecular weight excluding hydrogens is 867 g/mol. The third-order valence-electron chi connectivity index (χ3n) is 10.9. The number of hydrogen-bond acceptors (Lipinski definition) is 10. The van der Waals surface area contributed by atoms with E-state index in [1.165, 1.54) is 6.92 Å². The first kappa shape index (κ1) is 52.1. The topological polar surface area (TPSA) is 356 Å². The van der Waals surface area contributed by atoms with Crippen molar-refractivity contribution in [1.29, 1.82) is 0 Å². The Bertz CT molecular complexity index is 2260. The highest BCUT2D eigenvalue weighted by atomic mass is 16.2. The molecule has 362 valence electrons. The van der Waals surface area contributed by atoms with Gasteiger partial charge < -0.3 is 64.7 Å². The van der Waals surface area contributed by atoms with Crippen LogP contribution in [0.25, 0.3) is 10.9 Å². The summed E-state index contributed by atoms with van der Waals surface area (Å²) in [6.45, 7) is 4.13. The zero-order valence-corrected chi connectivity index (χ0v) is 37.9. The molecule has 1 fully saturated rings. The maximum Gasteiger partial charge on any atom is 0.243 e. The van der Waals surface area contributed by atoms with Crippen molar-refractivity contribution in [3.63, 3.8) is 0 Å². The molecule has 1 aliphatic heterocycles. The van der Waals surface area contributed by atoms with Gasteiger partial charge in [0.2, 0.25) is 53.2 Å². The second kappa shape index (κ2) is 25.8. The van der Waals surface area contributed by atoms with Gasteiger partial charge in [-0.3, -0.25) is 48.1 Å². The van der Waals surface area contributed by atoms with E-state index in [2.05, 4.69) is 52.5 Å². The smallest absolute Gasteiger partial charge is 0.243 e. The van der Waals surface area contributed by atoms with Crippen LogP contribution in [0.15, 0.2) is 65.8 Å². The monoisotopic (exact) mass is 929 g/mol. The van der Waals surface area contributed by atoms with E-state index in [1.54, 1.807) is 50.4 Å². The van der Waals surface area contributed by atoms with Gasteiger partial charge in [0, 0.05) is 50.0 Å². The number of carbonyl (C=O) groups excluding carboxylic acids is 9. The number of fused-ring (bicyclic) bond motifs is 1. The van der Waals surface area contributed by atoms with Crippen LogP contribution in [0, 0.1) is 5.92 Å². The van der Waals surface area contributed by atoms with E-state index in [4.69, 9.17) is 17.2 Å². The Balaban J connectivity index is 1.75. The number of H-pyrrole nitrogens is 1. The van der Waals surface area contributed by atoms with Gasteiger partial charge in [0.05, 0.1) is 13.0 Å². The summed E-state index contributed by atoms with van der Waals surface area (Å²) < 4.78 is 0. The van der Waals surface area contributed by atoms with Gasteiger partial charge in [-0.2, -0.15) is 0 Å². The van der Waals surface area contributed by atoms with E-state index < -0.39 is 108 Å². The van der Waals surface area contributed by atoms with Crippen LogP contribution in [0.1, 0.15) is 70.4 Å². The van der Waals surface area contributed by atoms with Gasteiger partial charge in [-0.25, -0.2) is 0 Å². The molecule has 0 spiro atoms. The van der Waals surface area contributed by atoms with E-state index in [-0.39, 0.29) is 57.6 Å². The molecular formula is C45H63N13O9. The normalized spacial score (nSPS) is 21.9. The Morgan fingerprint density at radius 2 is 1.40 bits per heavy atom. The largest absolute Gasteiger partial charge is 0.370 e. The number of aromatic nitrogens is 1. The standard InChI is InChI=1S/C45H63N13O9/c1-25(2)38-44(67)57-33(20-27-12-5-4-6-13-27)41(64)55-32(17-11-19-50-45(47)48)40(63)56-34(21-28-23-52-30-15-8-7-14-29(28)30)42(65)54-31(39(46)62)16-9-10-18-49-36(60)22-35(43(66)58-38)53-37(61)24-51-26(3)59/h4-8,12-15,23,25,31-35,38,52H,9-11,16-22,24H2,1-3H3,(H2,46,62)(H,49,60)(H,51,59)(H,53,61)(H,54,65)(H,55,64)(H,56,63)(H,57,67)(H,58,66)(H4,47,48,50)/t31?,32-,33?,34-,35?,38?/m0/s1. The van der Waals surface area contributed by atoms with Crippen molar-refractivity contribution in [1.82, 2.24) is 47.5 Å². The molecule has 0 bridgehead atoms. The molecule has 0 aliphatic carbocycles. The Labute approximate surface area is 387 Å². The quantitative estimate of drug-likeness (QED) is 0.0500. The molecule has 1 saturated heterocycles. The van der Waals surface area contributed by atoms with Gasteiger partial charge in [-0.15, -0.1) is 0 Å². The van der Waals surface area contributed by atoms with Crippen molar-refractivity contribution in [3.8, 4) is 0 Å². The Hall–Kier alpha value is -7.52. The van der Waals surface area contributed by atoms with Crippen molar-refractivity contribution >= 4 is 70.0 Å². The van der Waals surface area contributed by atoms with Crippen LogP contribution >= 0.6 is 0 Å². The molecule has 0 saturated carbocycles. The highest BCUT2D eigenvalue weighted by molar-refractivity contribution is 5.98. The summed E-state index contributed by atoms with van der Waals surface area (Å²) in [6.07, 6.45) is 1.82. The second-order valence-electron chi connectivity index (χ2n) is 16.7. The second-order valence-corrected chi connectivity index (χ2v) is 16.7. The summed E-state index contributed by atoms with van der Waals surface area (Å²) in [7, 11) is 0. The predicted octanol–water partition coefficient (Wildman–Crippen LogP) is -2.12. The molecule has 15 N–H and O–H groups in total. The highest BCUT2D eigenvalue weighted by Crippen LogP contribution is 2.20. The van der Waals surface area contributed by atoms with Gasteiger partial charge >= 0.3 is 0 Å². The van der Waals surface area contributed by atoms with Crippen LogP contribution in [0.4, 0.5) is 0 Å². The Kier molecular flexibility index (Phi) is 20.1. The molecule has 4 rings (SSSR count). The summed E-state index contributed by atoms with van der Waals surface area (Å²) in [4.78, 5) is 129. The van der Waals surface area contributed by atoms with E-state index in [0.717, 1.165) is 10.9 Å². The average Bonchev–Trinajstić information content (AvgIpc) is 3.69. The molecule has 4 unspecified atom stereocenters. The average molecular weight is 930 g/mol. The number of guanidine groups is 1. The molecule has 2 heterocycles. The van der Waals surface area contributed by atoms with Gasteiger partial charge in [0.25, 0.3) is 0 Å². The van der Waals surface area contributed by atoms with Crippen LogP contribution in [0.3, 0.4) is 0 Å². The van der Waals surface area contributed by atoms with Gasteiger partial charge in [0.1, 0.15) is 36.3 Å². The number of para-hydroxylation sites is 1. The lowest BCUT2D eigenvalue weighted by molar-refractivity contribution is -0.136. The van der Waals surface area contributed by atoms with Gasteiger partial charge in [-0.05, 0) is 55.2 Å². The maximum absolute atomic E-state index is 14.5. The molecule has 0 radical (unpaired) electrons. The predicted molar refractivity (Wildman–Crippen MR) is 248 cm³/mol. The minimum absolute atomic E-state index is 0.0296. The van der Waals surface area contributed by atoms with Crippen LogP contribution in [-0.2, 0) is 56.0 Å². The number of aliphatic imine (C=N–C) groups is 1. The lowest BCUT2D eigenvalue weighted by Gasteiger charge is -2.28. The molecule has 6 atom stereocenters. The van der Waals surface area contributed by atoms with Gasteiger partial charge in [-0.1, -0.05) is 62.4 Å². The molecule has 1 aromatic heterocycles. The molecule has 1 aliphatic rings. The fraction of sp³-hybridized carbons (Fsp3) is 0.467. The first-order valence-corrected chi connectivity index (χ1v) is 22.2. The molecule has 9 amide bonds. The van der Waals surface area contributed by atoms with Crippen LogP contribution < -0.4 is 59.7 Å². The summed E-state index contributed by atoms with van der Waals surface area (Å²) in [5.41, 5.74) is 18.9. The summed E-state index contributed by atoms with van der Waals surface area (Å²) in [5.74, 6) is -7.57. The lowest BCUT2D eigenvalue weighted by atomic mass is 9.99. The van der Waals surface area contributed by atoms with Crippen molar-refractivity contribution < 1.29 is 43.2 Å². The number of nitrogens with zero attached hydrogens (tertiary/aromatic N) is 1. The van der Waals surface area contributed by atoms with Crippen molar-refractivity contribution in [3.05, 3.63) is 71.9 Å². The third kappa shape index (κ3) is 17.1. The van der Waals surface area contributed by atoms with Crippen LogP contribution in [0.5, 0.6) is 0 Å². The van der Waals surface area contributed by atoms with Gasteiger partial charge in [0.15, 0.2) is 5.96 Å². The number of benzene rings is 2. The maximum atomic E-state index is 14.5. The number of hydrogen-bond donors (Lipinski definition) is 12. The first-order valence-electron chi connectivity index (χ1n) is 22.2. The minimum Gasteiger partial charge on any atom is -0.370 e. The first-order chi connectivity index (χ1) is 31.9.